The van der Waals surface area contributed by atoms with E-state index in [1.54, 1.807) is 48.5 Å². The van der Waals surface area contributed by atoms with Crippen molar-refractivity contribution in [3.8, 4) is 11.1 Å². The van der Waals surface area contributed by atoms with Crippen LogP contribution in [-0.2, 0) is 29.8 Å². The zero-order chi connectivity index (χ0) is 31.6. The van der Waals surface area contributed by atoms with Crippen LogP contribution in [0, 0.1) is 11.8 Å². The third kappa shape index (κ3) is 4.90. The fourth-order valence-electron chi connectivity index (χ4n) is 7.32. The molecular weight excluding hydrogens is 599 g/mol. The lowest BCUT2D eigenvalue weighted by molar-refractivity contribution is -0.201. The highest BCUT2D eigenvalue weighted by Crippen LogP contribution is 2.53. The molecule has 2 aliphatic carbocycles. The molecule has 9 nitrogen and oxygen atoms in total. The first-order chi connectivity index (χ1) is 20.7. The lowest BCUT2D eigenvalue weighted by Gasteiger charge is -2.55. The summed E-state index contributed by atoms with van der Waals surface area (Å²) >= 11 is 0. The average molecular weight is 632 g/mol. The van der Waals surface area contributed by atoms with E-state index in [1.807, 2.05) is 0 Å². The van der Waals surface area contributed by atoms with E-state index in [1.165, 1.54) is 0 Å². The van der Waals surface area contributed by atoms with Crippen molar-refractivity contribution in [1.29, 1.82) is 0 Å². The van der Waals surface area contributed by atoms with Crippen LogP contribution in [0.4, 0.5) is 13.2 Å². The van der Waals surface area contributed by atoms with Gasteiger partial charge in [-0.15, -0.1) is 0 Å². The summed E-state index contributed by atoms with van der Waals surface area (Å²) in [6.45, 7) is 0.338. The Labute approximate surface area is 252 Å². The number of alkyl halides is 2. The van der Waals surface area contributed by atoms with Gasteiger partial charge in [0.1, 0.15) is 6.04 Å². The van der Waals surface area contributed by atoms with E-state index in [4.69, 9.17) is 0 Å². The van der Waals surface area contributed by atoms with Crippen molar-refractivity contribution in [2.75, 3.05) is 12.8 Å². The molecule has 44 heavy (non-hydrogen) atoms. The number of benzene rings is 2. The molecule has 0 unspecified atom stereocenters. The number of aliphatic hydroxyl groups is 1. The second-order valence-corrected chi connectivity index (χ2v) is 14.1. The Morgan fingerprint density at radius 2 is 1.70 bits per heavy atom. The van der Waals surface area contributed by atoms with Gasteiger partial charge < -0.3 is 20.6 Å². The third-order valence-electron chi connectivity index (χ3n) is 9.39. The topological polar surface area (TPSA) is 133 Å². The summed E-state index contributed by atoms with van der Waals surface area (Å²) in [5, 5.41) is 15.8. The molecule has 7 rings (SSSR count). The molecule has 13 heteroatoms. The first kappa shape index (κ1) is 30.3. The van der Waals surface area contributed by atoms with E-state index in [2.05, 4.69) is 10.6 Å². The third-order valence-corrected chi connectivity index (χ3v) is 10.2. The van der Waals surface area contributed by atoms with Crippen LogP contribution in [0.25, 0.3) is 11.1 Å². The highest BCUT2D eigenvalue weighted by molar-refractivity contribution is 7.94. The predicted molar refractivity (Wildman–Crippen MR) is 153 cm³/mol. The molecular formula is C31H32F3N3O6S. The number of hydrogen-bond donors (Lipinski definition) is 3. The first-order valence-corrected chi connectivity index (χ1v) is 16.4. The van der Waals surface area contributed by atoms with Crippen LogP contribution in [0.3, 0.4) is 0 Å². The number of nitrogens with zero attached hydrogens (tertiary/aromatic N) is 1. The SMILES string of the molecule is CS(=O)(=O)/C(F)=C/[C@@H](C[C@@H]1CCNC1=O)NC(=O)[C@@H]1[C@@H]2CC[C@@H](CC2(F)F)N1C(=O)C1(O)c2ccccc2-c2ccccc21. The molecule has 4 fully saturated rings. The molecule has 3 amide bonds. The number of hydrogen-bond acceptors (Lipinski definition) is 6. The Kier molecular flexibility index (Phi) is 7.39. The van der Waals surface area contributed by atoms with Crippen LogP contribution < -0.4 is 10.6 Å². The summed E-state index contributed by atoms with van der Waals surface area (Å²) in [7, 11) is -4.31. The van der Waals surface area contributed by atoms with E-state index in [0.717, 1.165) is 4.90 Å². The first-order valence-electron chi connectivity index (χ1n) is 14.5. The van der Waals surface area contributed by atoms with E-state index in [-0.39, 0.29) is 36.3 Å². The second-order valence-electron chi connectivity index (χ2n) is 12.1. The number of carbonyl (C=O) groups excluding carboxylic acids is 3. The lowest BCUT2D eigenvalue weighted by Crippen LogP contribution is -2.70. The lowest BCUT2D eigenvalue weighted by atomic mass is 9.70. The number of sulfone groups is 1. The minimum Gasteiger partial charge on any atom is -0.372 e. The number of rotatable bonds is 7. The molecule has 2 aromatic rings. The van der Waals surface area contributed by atoms with Gasteiger partial charge in [0.25, 0.3) is 11.8 Å². The minimum atomic E-state index is -4.31. The number of halogens is 3. The maximum absolute atomic E-state index is 15.4. The Balaban J connectivity index is 1.39. The van der Waals surface area contributed by atoms with E-state index in [9.17, 15) is 32.3 Å². The van der Waals surface area contributed by atoms with Crippen molar-refractivity contribution in [3.63, 3.8) is 0 Å². The van der Waals surface area contributed by atoms with E-state index >= 15 is 8.78 Å². The molecule has 3 heterocycles. The van der Waals surface area contributed by atoms with Crippen LogP contribution in [0.1, 0.15) is 43.2 Å². The van der Waals surface area contributed by atoms with Gasteiger partial charge in [0.15, 0.2) is 5.60 Å². The largest absolute Gasteiger partial charge is 0.372 e. The summed E-state index contributed by atoms with van der Waals surface area (Å²) in [5.41, 5.74) is -0.529. The number of amides is 3. The van der Waals surface area contributed by atoms with E-state index in [0.29, 0.717) is 36.4 Å². The maximum atomic E-state index is 15.4. The number of carbonyl (C=O) groups is 3. The molecule has 234 valence electrons. The van der Waals surface area contributed by atoms with Gasteiger partial charge in [-0.05, 0) is 42.9 Å². The predicted octanol–water partition coefficient (Wildman–Crippen LogP) is 2.78. The molecule has 3 aliphatic heterocycles. The molecule has 3 N–H and O–H groups in total. The molecule has 1 saturated carbocycles. The fraction of sp³-hybridized carbons (Fsp3) is 0.452. The van der Waals surface area contributed by atoms with Crippen molar-refractivity contribution in [2.45, 2.75) is 61.8 Å². The number of nitrogens with one attached hydrogen (secondary N) is 2. The molecule has 0 spiro atoms. The van der Waals surface area contributed by atoms with Gasteiger partial charge in [0, 0.05) is 42.3 Å². The van der Waals surface area contributed by atoms with Crippen molar-refractivity contribution in [2.24, 2.45) is 11.8 Å². The van der Waals surface area contributed by atoms with Crippen molar-refractivity contribution in [3.05, 3.63) is 70.9 Å². The second kappa shape index (κ2) is 10.7. The zero-order valence-corrected chi connectivity index (χ0v) is 24.6. The summed E-state index contributed by atoms with van der Waals surface area (Å²) in [5.74, 6) is -7.94. The Morgan fingerprint density at radius 3 is 2.25 bits per heavy atom. The van der Waals surface area contributed by atoms with Crippen LogP contribution in [-0.4, -0.2) is 73.0 Å². The Morgan fingerprint density at radius 1 is 1.09 bits per heavy atom. The minimum absolute atomic E-state index is 0.0750. The van der Waals surface area contributed by atoms with Crippen LogP contribution in [0.15, 0.2) is 59.8 Å². The Hall–Kier alpha value is -3.71. The maximum Gasteiger partial charge on any atom is 0.264 e. The van der Waals surface area contributed by atoms with Crippen molar-refractivity contribution >= 4 is 27.6 Å². The average Bonchev–Trinajstić information content (AvgIpc) is 3.50. The molecule has 2 bridgehead atoms. The molecule has 0 aromatic heterocycles. The van der Waals surface area contributed by atoms with Gasteiger partial charge in [-0.2, -0.15) is 4.39 Å². The fourth-order valence-corrected chi connectivity index (χ4v) is 7.73. The highest BCUT2D eigenvalue weighted by atomic mass is 32.2. The van der Waals surface area contributed by atoms with Crippen molar-refractivity contribution < 1.29 is 41.1 Å². The van der Waals surface area contributed by atoms with Gasteiger partial charge in [0.05, 0.1) is 12.0 Å². The quantitative estimate of drug-likeness (QED) is 0.431. The monoisotopic (exact) mass is 631 g/mol. The van der Waals surface area contributed by atoms with Crippen LogP contribution in [0.5, 0.6) is 0 Å². The molecule has 0 radical (unpaired) electrons. The van der Waals surface area contributed by atoms with E-state index < -0.39 is 74.7 Å². The highest BCUT2D eigenvalue weighted by Gasteiger charge is 2.63. The number of fused-ring (bicyclic) bond motifs is 6. The smallest absolute Gasteiger partial charge is 0.264 e. The summed E-state index contributed by atoms with van der Waals surface area (Å²) in [6.07, 6.45) is 0.872. The van der Waals surface area contributed by atoms with Gasteiger partial charge >= 0.3 is 0 Å². The molecule has 5 aliphatic rings. The van der Waals surface area contributed by atoms with Gasteiger partial charge in [-0.1, -0.05) is 48.5 Å². The van der Waals surface area contributed by atoms with Crippen molar-refractivity contribution in [1.82, 2.24) is 15.5 Å². The van der Waals surface area contributed by atoms with Crippen LogP contribution >= 0.6 is 0 Å². The zero-order valence-electron chi connectivity index (χ0n) is 23.8. The Bertz CT molecular complexity index is 1630. The van der Waals surface area contributed by atoms with Gasteiger partial charge in [-0.25, -0.2) is 17.2 Å². The summed E-state index contributed by atoms with van der Waals surface area (Å²) < 4.78 is 69.1. The molecule has 5 atom stereocenters. The molecule has 3 saturated heterocycles. The molecule has 2 aromatic carbocycles. The van der Waals surface area contributed by atoms with Gasteiger partial charge in [-0.3, -0.25) is 14.4 Å². The van der Waals surface area contributed by atoms with Gasteiger partial charge in [0.2, 0.25) is 26.8 Å². The standard InChI is InChI=1S/C31H32F3N3O6S/c1-44(42,43)25(32)15-18(14-17-12-13-35-27(17)38)36-28(39)26-24-11-10-19(16-30(24,33)34)37(26)29(40)31(41)22-8-4-2-6-20(22)21-7-3-5-9-23(21)31/h2-9,15,17-19,24,26,41H,10-14,16H2,1H3,(H,35,38)(H,36,39)/b25-15+/t17-,18+,19-,24-,26-/m0/s1. The number of piperidine rings is 2. The normalized spacial score (nSPS) is 27.3. The van der Waals surface area contributed by atoms with Crippen LogP contribution in [0.2, 0.25) is 0 Å². The summed E-state index contributed by atoms with van der Waals surface area (Å²) in [6, 6.07) is 9.27. The summed E-state index contributed by atoms with van der Waals surface area (Å²) in [4.78, 5) is 41.8.